The van der Waals surface area contributed by atoms with Crippen LogP contribution in [0.15, 0.2) is 30.3 Å². The highest BCUT2D eigenvalue weighted by atomic mass is 15.1. The van der Waals surface area contributed by atoms with Gasteiger partial charge in [0.15, 0.2) is 0 Å². The first-order chi connectivity index (χ1) is 8.71. The summed E-state index contributed by atoms with van der Waals surface area (Å²) in [5.74, 6) is 1.29. The predicted octanol–water partition coefficient (Wildman–Crippen LogP) is 2.44. The topological polar surface area (TPSA) is 73.6 Å². The van der Waals surface area contributed by atoms with Gasteiger partial charge in [0.05, 0.1) is 11.6 Å². The van der Waals surface area contributed by atoms with Crippen molar-refractivity contribution >= 4 is 17.5 Å². The lowest BCUT2D eigenvalue weighted by Crippen LogP contribution is -2.01. The highest BCUT2D eigenvalue weighted by Gasteiger charge is 2.01. The van der Waals surface area contributed by atoms with Crippen molar-refractivity contribution in [1.29, 1.82) is 5.26 Å². The van der Waals surface area contributed by atoms with E-state index in [0.717, 1.165) is 17.2 Å². The Morgan fingerprint density at radius 3 is 2.50 bits per heavy atom. The standard InChI is InChI=1S/C13H13N5/c1-9-7-12(18-13(15-2)16-9)17-11-5-3-10(8-14)4-6-11/h3-7H,1-2H3,(H2,15,16,17,18). The minimum Gasteiger partial charge on any atom is -0.357 e. The van der Waals surface area contributed by atoms with Gasteiger partial charge in [0.2, 0.25) is 5.95 Å². The van der Waals surface area contributed by atoms with Gasteiger partial charge in [0, 0.05) is 24.5 Å². The fourth-order valence-electron chi connectivity index (χ4n) is 1.52. The molecule has 0 amide bonds. The lowest BCUT2D eigenvalue weighted by atomic mass is 10.2. The highest BCUT2D eigenvalue weighted by Crippen LogP contribution is 2.16. The molecule has 0 saturated heterocycles. The van der Waals surface area contributed by atoms with Crippen molar-refractivity contribution in [3.05, 3.63) is 41.6 Å². The van der Waals surface area contributed by atoms with Crippen molar-refractivity contribution in [3.63, 3.8) is 0 Å². The van der Waals surface area contributed by atoms with E-state index in [2.05, 4.69) is 26.7 Å². The van der Waals surface area contributed by atoms with E-state index in [1.807, 2.05) is 25.1 Å². The molecular weight excluding hydrogens is 226 g/mol. The average molecular weight is 239 g/mol. The van der Waals surface area contributed by atoms with Crippen LogP contribution in [0.25, 0.3) is 0 Å². The van der Waals surface area contributed by atoms with Crippen LogP contribution < -0.4 is 10.6 Å². The quantitative estimate of drug-likeness (QED) is 0.860. The molecule has 5 heteroatoms. The molecule has 0 fully saturated rings. The van der Waals surface area contributed by atoms with Gasteiger partial charge in [-0.3, -0.25) is 0 Å². The fourth-order valence-corrected chi connectivity index (χ4v) is 1.52. The third-order valence-electron chi connectivity index (χ3n) is 2.36. The summed E-state index contributed by atoms with van der Waals surface area (Å²) in [6.45, 7) is 1.91. The van der Waals surface area contributed by atoms with Crippen molar-refractivity contribution in [2.45, 2.75) is 6.92 Å². The van der Waals surface area contributed by atoms with Gasteiger partial charge in [-0.05, 0) is 31.2 Å². The SMILES string of the molecule is CNc1nc(C)cc(Nc2ccc(C#N)cc2)n1. The van der Waals surface area contributed by atoms with Gasteiger partial charge < -0.3 is 10.6 Å². The number of aromatic nitrogens is 2. The fraction of sp³-hybridized carbons (Fsp3) is 0.154. The van der Waals surface area contributed by atoms with Crippen LogP contribution in [0.1, 0.15) is 11.3 Å². The monoisotopic (exact) mass is 239 g/mol. The Labute approximate surface area is 106 Å². The van der Waals surface area contributed by atoms with E-state index in [-0.39, 0.29) is 0 Å². The van der Waals surface area contributed by atoms with Gasteiger partial charge >= 0.3 is 0 Å². The van der Waals surface area contributed by atoms with Crippen LogP contribution in [0, 0.1) is 18.3 Å². The molecule has 5 nitrogen and oxygen atoms in total. The Balaban J connectivity index is 2.22. The van der Waals surface area contributed by atoms with Crippen molar-refractivity contribution in [3.8, 4) is 6.07 Å². The summed E-state index contributed by atoms with van der Waals surface area (Å²) < 4.78 is 0. The summed E-state index contributed by atoms with van der Waals surface area (Å²) in [4.78, 5) is 8.51. The summed E-state index contributed by atoms with van der Waals surface area (Å²) in [7, 11) is 1.78. The number of nitrogens with zero attached hydrogens (tertiary/aromatic N) is 3. The first-order valence-electron chi connectivity index (χ1n) is 5.52. The van der Waals surface area contributed by atoms with Crippen LogP contribution in [0.5, 0.6) is 0 Å². The summed E-state index contributed by atoms with van der Waals surface area (Å²) in [5, 5.41) is 14.8. The maximum Gasteiger partial charge on any atom is 0.224 e. The zero-order chi connectivity index (χ0) is 13.0. The Bertz CT molecular complexity index is 583. The summed E-state index contributed by atoms with van der Waals surface area (Å²) in [6.07, 6.45) is 0. The van der Waals surface area contributed by atoms with E-state index < -0.39 is 0 Å². The van der Waals surface area contributed by atoms with Crippen LogP contribution in [-0.2, 0) is 0 Å². The van der Waals surface area contributed by atoms with E-state index >= 15 is 0 Å². The number of hydrogen-bond acceptors (Lipinski definition) is 5. The van der Waals surface area contributed by atoms with E-state index in [0.29, 0.717) is 11.5 Å². The lowest BCUT2D eigenvalue weighted by molar-refractivity contribution is 1.10. The molecule has 2 rings (SSSR count). The Kier molecular flexibility index (Phi) is 3.39. The highest BCUT2D eigenvalue weighted by molar-refractivity contribution is 5.58. The number of benzene rings is 1. The second kappa shape index (κ2) is 5.15. The van der Waals surface area contributed by atoms with Gasteiger partial charge in [-0.2, -0.15) is 10.2 Å². The van der Waals surface area contributed by atoms with Gasteiger partial charge in [-0.15, -0.1) is 0 Å². The molecule has 1 heterocycles. The molecule has 0 radical (unpaired) electrons. The number of rotatable bonds is 3. The summed E-state index contributed by atoms with van der Waals surface area (Å²) in [6, 6.07) is 11.1. The molecule has 2 N–H and O–H groups in total. The molecule has 0 aliphatic heterocycles. The zero-order valence-electron chi connectivity index (χ0n) is 10.2. The number of hydrogen-bond donors (Lipinski definition) is 2. The third kappa shape index (κ3) is 2.74. The maximum absolute atomic E-state index is 8.72. The van der Waals surface area contributed by atoms with Crippen molar-refractivity contribution in [2.75, 3.05) is 17.7 Å². The van der Waals surface area contributed by atoms with Crippen LogP contribution >= 0.6 is 0 Å². The van der Waals surface area contributed by atoms with E-state index in [4.69, 9.17) is 5.26 Å². The maximum atomic E-state index is 8.72. The van der Waals surface area contributed by atoms with Crippen LogP contribution in [0.3, 0.4) is 0 Å². The number of nitriles is 1. The molecule has 90 valence electrons. The Morgan fingerprint density at radius 1 is 1.17 bits per heavy atom. The minimum atomic E-state index is 0.575. The third-order valence-corrected chi connectivity index (χ3v) is 2.36. The van der Waals surface area contributed by atoms with Gasteiger partial charge in [-0.1, -0.05) is 0 Å². The summed E-state index contributed by atoms with van der Waals surface area (Å²) in [5.41, 5.74) is 2.40. The Morgan fingerprint density at radius 2 is 1.89 bits per heavy atom. The molecule has 0 aliphatic rings. The normalized spacial score (nSPS) is 9.61. The largest absolute Gasteiger partial charge is 0.357 e. The lowest BCUT2D eigenvalue weighted by Gasteiger charge is -2.08. The second-order valence-electron chi connectivity index (χ2n) is 3.78. The molecule has 0 aliphatic carbocycles. The molecule has 1 aromatic carbocycles. The van der Waals surface area contributed by atoms with Gasteiger partial charge in [0.25, 0.3) is 0 Å². The molecule has 0 saturated carbocycles. The van der Waals surface area contributed by atoms with E-state index in [1.165, 1.54) is 0 Å². The van der Waals surface area contributed by atoms with Crippen molar-refractivity contribution in [1.82, 2.24) is 9.97 Å². The second-order valence-corrected chi connectivity index (χ2v) is 3.78. The van der Waals surface area contributed by atoms with Gasteiger partial charge in [-0.25, -0.2) is 4.98 Å². The zero-order valence-corrected chi connectivity index (χ0v) is 10.2. The molecule has 0 bridgehead atoms. The summed E-state index contributed by atoms with van der Waals surface area (Å²) >= 11 is 0. The van der Waals surface area contributed by atoms with Crippen LogP contribution in [0.2, 0.25) is 0 Å². The molecule has 0 unspecified atom stereocenters. The number of nitrogens with one attached hydrogen (secondary N) is 2. The number of anilines is 3. The van der Waals surface area contributed by atoms with E-state index in [9.17, 15) is 0 Å². The predicted molar refractivity (Wildman–Crippen MR) is 70.8 cm³/mol. The Hall–Kier alpha value is -2.61. The van der Waals surface area contributed by atoms with Gasteiger partial charge in [0.1, 0.15) is 5.82 Å². The van der Waals surface area contributed by atoms with Crippen molar-refractivity contribution < 1.29 is 0 Å². The van der Waals surface area contributed by atoms with Crippen LogP contribution in [-0.4, -0.2) is 17.0 Å². The molecule has 0 spiro atoms. The first kappa shape index (κ1) is 11.9. The molecule has 2 aromatic rings. The molecule has 1 aromatic heterocycles. The van der Waals surface area contributed by atoms with E-state index in [1.54, 1.807) is 19.2 Å². The molecular formula is C13H13N5. The smallest absolute Gasteiger partial charge is 0.224 e. The minimum absolute atomic E-state index is 0.575. The molecule has 0 atom stereocenters. The van der Waals surface area contributed by atoms with Crippen LogP contribution in [0.4, 0.5) is 17.5 Å². The van der Waals surface area contributed by atoms with Crippen molar-refractivity contribution in [2.24, 2.45) is 0 Å². The average Bonchev–Trinajstić information content (AvgIpc) is 2.39. The molecule has 18 heavy (non-hydrogen) atoms. The first-order valence-corrected chi connectivity index (χ1v) is 5.52. The number of aryl methyl sites for hydroxylation is 1.